The van der Waals surface area contributed by atoms with Crippen LogP contribution in [-0.4, -0.2) is 22.6 Å². The molecule has 1 saturated carbocycles. The molecule has 0 spiro atoms. The Kier molecular flexibility index (Phi) is 4.94. The number of nitrogens with zero attached hydrogens (tertiary/aromatic N) is 2. The lowest BCUT2D eigenvalue weighted by Gasteiger charge is -2.20. The molecule has 3 rings (SSSR count). The summed E-state index contributed by atoms with van der Waals surface area (Å²) in [6.07, 6.45) is 1.54. The highest BCUT2D eigenvalue weighted by Crippen LogP contribution is 2.38. The molecule has 7 nitrogen and oxygen atoms in total. The Morgan fingerprint density at radius 1 is 1.30 bits per heavy atom. The van der Waals surface area contributed by atoms with E-state index in [4.69, 9.17) is 21.6 Å². The summed E-state index contributed by atoms with van der Waals surface area (Å²) in [6, 6.07) is 7.08. The molecule has 0 radical (unpaired) electrons. The van der Waals surface area contributed by atoms with Gasteiger partial charge >= 0.3 is 6.09 Å². The number of nitriles is 1. The van der Waals surface area contributed by atoms with E-state index < -0.39 is 11.7 Å². The molecule has 140 valence electrons. The maximum atomic E-state index is 12.1. The molecular weight excluding hydrogens is 368 g/mol. The second-order valence-corrected chi connectivity index (χ2v) is 7.85. The number of amides is 2. The number of carbonyl (C=O) groups excluding carboxylic acids is 2. The van der Waals surface area contributed by atoms with Crippen LogP contribution in [0.4, 0.5) is 16.3 Å². The standard InChI is InChI=1S/C19H19ClN4O3/c1-19(2,3)27-18(26)23-12-4-10-6-16(22-9-14(10)15(20)7-12)24-17(25)13-5-11(13)8-21/h4,6-7,9,11,13H,5H2,1-3H3,(H,23,26)(H,22,24,25)/t11-,13+/m0/s1. The first-order valence-corrected chi connectivity index (χ1v) is 8.84. The number of pyridine rings is 1. The number of rotatable bonds is 3. The van der Waals surface area contributed by atoms with E-state index in [0.717, 1.165) is 0 Å². The Bertz CT molecular complexity index is 962. The van der Waals surface area contributed by atoms with Crippen LogP contribution >= 0.6 is 11.6 Å². The average molecular weight is 387 g/mol. The van der Waals surface area contributed by atoms with Gasteiger partial charge in [-0.1, -0.05) is 11.6 Å². The van der Waals surface area contributed by atoms with Gasteiger partial charge in [0.25, 0.3) is 0 Å². The molecule has 2 atom stereocenters. The third-order valence-corrected chi connectivity index (χ3v) is 4.29. The van der Waals surface area contributed by atoms with E-state index in [1.165, 1.54) is 0 Å². The summed E-state index contributed by atoms with van der Waals surface area (Å²) in [5.41, 5.74) is -0.145. The first kappa shape index (κ1) is 18.9. The van der Waals surface area contributed by atoms with Crippen molar-refractivity contribution in [3.8, 4) is 6.07 Å². The number of aromatic nitrogens is 1. The van der Waals surface area contributed by atoms with Crippen LogP contribution in [0.2, 0.25) is 5.02 Å². The van der Waals surface area contributed by atoms with Crippen LogP contribution in [0.25, 0.3) is 10.8 Å². The van der Waals surface area contributed by atoms with Crippen molar-refractivity contribution in [2.75, 3.05) is 10.6 Å². The van der Waals surface area contributed by atoms with E-state index in [1.54, 1.807) is 45.2 Å². The van der Waals surface area contributed by atoms with Crippen LogP contribution in [0, 0.1) is 23.2 Å². The molecule has 0 aliphatic heterocycles. The van der Waals surface area contributed by atoms with Gasteiger partial charge in [0.2, 0.25) is 5.91 Å². The van der Waals surface area contributed by atoms with Crippen molar-refractivity contribution in [2.24, 2.45) is 11.8 Å². The van der Waals surface area contributed by atoms with E-state index in [2.05, 4.69) is 21.7 Å². The maximum Gasteiger partial charge on any atom is 0.412 e. The van der Waals surface area contributed by atoms with Gasteiger partial charge in [-0.05, 0) is 50.8 Å². The van der Waals surface area contributed by atoms with Gasteiger partial charge in [0.15, 0.2) is 0 Å². The van der Waals surface area contributed by atoms with Crippen LogP contribution in [0.15, 0.2) is 24.4 Å². The Morgan fingerprint density at radius 3 is 2.67 bits per heavy atom. The van der Waals surface area contributed by atoms with Gasteiger partial charge in [-0.25, -0.2) is 9.78 Å². The van der Waals surface area contributed by atoms with Crippen molar-refractivity contribution in [1.82, 2.24) is 4.98 Å². The zero-order valence-corrected chi connectivity index (χ0v) is 15.9. The summed E-state index contributed by atoms with van der Waals surface area (Å²) in [5, 5.41) is 16.0. The van der Waals surface area contributed by atoms with Gasteiger partial charge in [0.1, 0.15) is 11.4 Å². The molecule has 8 heteroatoms. The van der Waals surface area contributed by atoms with E-state index in [1.807, 2.05) is 0 Å². The topological polar surface area (TPSA) is 104 Å². The van der Waals surface area contributed by atoms with E-state index in [9.17, 15) is 9.59 Å². The van der Waals surface area contributed by atoms with Crippen molar-refractivity contribution in [3.63, 3.8) is 0 Å². The lowest BCUT2D eigenvalue weighted by molar-refractivity contribution is -0.117. The molecule has 1 aromatic heterocycles. The average Bonchev–Trinajstić information content (AvgIpc) is 3.32. The van der Waals surface area contributed by atoms with Crippen LogP contribution in [0.5, 0.6) is 0 Å². The number of carbonyl (C=O) groups is 2. The lowest BCUT2D eigenvalue weighted by atomic mass is 10.1. The van der Waals surface area contributed by atoms with Gasteiger partial charge in [-0.2, -0.15) is 5.26 Å². The second-order valence-electron chi connectivity index (χ2n) is 7.44. The van der Waals surface area contributed by atoms with Gasteiger partial charge in [0, 0.05) is 17.3 Å². The molecular formula is C19H19ClN4O3. The van der Waals surface area contributed by atoms with E-state index in [0.29, 0.717) is 33.7 Å². The molecule has 27 heavy (non-hydrogen) atoms. The molecule has 1 aliphatic carbocycles. The number of anilines is 2. The van der Waals surface area contributed by atoms with Crippen LogP contribution in [0.3, 0.4) is 0 Å². The Hall–Kier alpha value is -2.85. The monoisotopic (exact) mass is 386 g/mol. The molecule has 2 amide bonds. The molecule has 0 unspecified atom stereocenters. The molecule has 2 N–H and O–H groups in total. The highest BCUT2D eigenvalue weighted by Gasteiger charge is 2.43. The van der Waals surface area contributed by atoms with Crippen molar-refractivity contribution in [3.05, 3.63) is 29.4 Å². The second kappa shape index (κ2) is 7.05. The third-order valence-electron chi connectivity index (χ3n) is 3.98. The number of hydrogen-bond acceptors (Lipinski definition) is 5. The fourth-order valence-corrected chi connectivity index (χ4v) is 2.90. The largest absolute Gasteiger partial charge is 0.444 e. The number of benzene rings is 1. The van der Waals surface area contributed by atoms with Gasteiger partial charge in [0.05, 0.1) is 22.9 Å². The highest BCUT2D eigenvalue weighted by molar-refractivity contribution is 6.36. The fraction of sp³-hybridized carbons (Fsp3) is 0.368. The predicted molar refractivity (Wildman–Crippen MR) is 102 cm³/mol. The first-order chi connectivity index (χ1) is 12.7. The smallest absolute Gasteiger partial charge is 0.412 e. The van der Waals surface area contributed by atoms with E-state index >= 15 is 0 Å². The summed E-state index contributed by atoms with van der Waals surface area (Å²) in [7, 11) is 0. The van der Waals surface area contributed by atoms with Crippen molar-refractivity contribution in [2.45, 2.75) is 32.8 Å². The number of hydrogen-bond donors (Lipinski definition) is 2. The van der Waals surface area contributed by atoms with Crippen LogP contribution in [0.1, 0.15) is 27.2 Å². The molecule has 1 fully saturated rings. The summed E-state index contributed by atoms with van der Waals surface area (Å²) in [5.74, 6) is -0.357. The Balaban J connectivity index is 1.79. The number of nitrogens with one attached hydrogen (secondary N) is 2. The molecule has 1 aromatic carbocycles. The lowest BCUT2D eigenvalue weighted by Crippen LogP contribution is -2.27. The Morgan fingerprint density at radius 2 is 2.04 bits per heavy atom. The minimum Gasteiger partial charge on any atom is -0.444 e. The summed E-state index contributed by atoms with van der Waals surface area (Å²) >= 11 is 6.28. The summed E-state index contributed by atoms with van der Waals surface area (Å²) in [4.78, 5) is 28.2. The Labute approximate surface area is 161 Å². The highest BCUT2D eigenvalue weighted by atomic mass is 35.5. The van der Waals surface area contributed by atoms with Crippen molar-refractivity contribution in [1.29, 1.82) is 5.26 Å². The molecule has 1 aliphatic rings. The van der Waals surface area contributed by atoms with Crippen molar-refractivity contribution >= 4 is 45.9 Å². The van der Waals surface area contributed by atoms with E-state index in [-0.39, 0.29) is 17.7 Å². The number of ether oxygens (including phenoxy) is 1. The normalized spacial score (nSPS) is 18.5. The van der Waals surface area contributed by atoms with Crippen LogP contribution in [-0.2, 0) is 9.53 Å². The summed E-state index contributed by atoms with van der Waals surface area (Å²) in [6.45, 7) is 5.33. The third kappa shape index (κ3) is 4.66. The zero-order chi connectivity index (χ0) is 19.8. The van der Waals surface area contributed by atoms with Crippen molar-refractivity contribution < 1.29 is 14.3 Å². The predicted octanol–water partition coefficient (Wildman–Crippen LogP) is 4.33. The van der Waals surface area contributed by atoms with Crippen LogP contribution < -0.4 is 10.6 Å². The maximum absolute atomic E-state index is 12.1. The quantitative estimate of drug-likeness (QED) is 0.816. The number of halogens is 1. The van der Waals surface area contributed by atoms with Gasteiger partial charge in [-0.3, -0.25) is 10.1 Å². The first-order valence-electron chi connectivity index (χ1n) is 8.46. The fourth-order valence-electron chi connectivity index (χ4n) is 2.62. The number of fused-ring (bicyclic) bond motifs is 1. The molecule has 1 heterocycles. The molecule has 0 saturated heterocycles. The minimum atomic E-state index is -0.615. The molecule has 2 aromatic rings. The molecule has 0 bridgehead atoms. The van der Waals surface area contributed by atoms with Gasteiger partial charge in [-0.15, -0.1) is 0 Å². The summed E-state index contributed by atoms with van der Waals surface area (Å²) < 4.78 is 5.24. The SMILES string of the molecule is CC(C)(C)OC(=O)Nc1cc(Cl)c2cnc(NC(=O)[C@@H]3C[C@H]3C#N)cc2c1. The van der Waals surface area contributed by atoms with Gasteiger partial charge < -0.3 is 10.1 Å². The minimum absolute atomic E-state index is 0.218. The zero-order valence-electron chi connectivity index (χ0n) is 15.2.